The van der Waals surface area contributed by atoms with Gasteiger partial charge in [0.25, 0.3) is 0 Å². The van der Waals surface area contributed by atoms with Gasteiger partial charge >= 0.3 is 0 Å². The lowest BCUT2D eigenvalue weighted by molar-refractivity contribution is -0.118. The molecule has 0 bridgehead atoms. The van der Waals surface area contributed by atoms with Crippen molar-refractivity contribution in [2.45, 2.75) is 65.2 Å². The molecule has 1 aromatic carbocycles. The van der Waals surface area contributed by atoms with Gasteiger partial charge in [0, 0.05) is 12.8 Å². The molecular weight excluding hydrogens is 239 g/mol. The first-order chi connectivity index (χ1) is 9.13. The number of unbranched alkanes of at least 4 members (excludes halogenated alkanes) is 5. The predicted octanol–water partition coefficient (Wildman–Crippen LogP) is 5.00. The fourth-order valence-corrected chi connectivity index (χ4v) is 2.26. The van der Waals surface area contributed by atoms with Crippen molar-refractivity contribution < 1.29 is 9.18 Å². The van der Waals surface area contributed by atoms with Gasteiger partial charge in [-0.1, -0.05) is 45.1 Å². The van der Waals surface area contributed by atoms with E-state index in [9.17, 15) is 9.18 Å². The number of carbonyl (C=O) groups is 1. The lowest BCUT2D eigenvalue weighted by Gasteiger charge is -2.05. The third kappa shape index (κ3) is 6.51. The van der Waals surface area contributed by atoms with Gasteiger partial charge in [-0.05, 0) is 36.6 Å². The molecule has 0 N–H and O–H groups in total. The number of Topliss-reactive ketones (excluding diaryl/α,β-unsaturated/α-hetero) is 1. The quantitative estimate of drug-likeness (QED) is 0.574. The van der Waals surface area contributed by atoms with E-state index >= 15 is 0 Å². The van der Waals surface area contributed by atoms with Gasteiger partial charge in [0.15, 0.2) is 0 Å². The molecule has 0 fully saturated rings. The number of ketones is 1. The van der Waals surface area contributed by atoms with Crippen molar-refractivity contribution in [2.75, 3.05) is 0 Å². The van der Waals surface area contributed by atoms with Gasteiger partial charge in [-0.25, -0.2) is 4.39 Å². The van der Waals surface area contributed by atoms with E-state index in [0.29, 0.717) is 12.8 Å². The van der Waals surface area contributed by atoms with E-state index < -0.39 is 0 Å². The molecule has 0 atom stereocenters. The molecule has 106 valence electrons. The average Bonchev–Trinajstić information content (AvgIpc) is 2.37. The summed E-state index contributed by atoms with van der Waals surface area (Å²) in [6.07, 6.45) is 8.30. The topological polar surface area (TPSA) is 17.1 Å². The summed E-state index contributed by atoms with van der Waals surface area (Å²) < 4.78 is 13.0. The Morgan fingerprint density at radius 1 is 1.11 bits per heavy atom. The predicted molar refractivity (Wildman–Crippen MR) is 77.8 cm³/mol. The van der Waals surface area contributed by atoms with Crippen molar-refractivity contribution in [3.63, 3.8) is 0 Å². The Bertz CT molecular complexity index is 398. The highest BCUT2D eigenvalue weighted by molar-refractivity contribution is 5.81. The highest BCUT2D eigenvalue weighted by atomic mass is 19.1. The molecule has 1 rings (SSSR count). The van der Waals surface area contributed by atoms with E-state index in [0.717, 1.165) is 24.0 Å². The van der Waals surface area contributed by atoms with Crippen LogP contribution in [0.25, 0.3) is 0 Å². The fourth-order valence-electron chi connectivity index (χ4n) is 2.26. The van der Waals surface area contributed by atoms with Crippen molar-refractivity contribution in [1.82, 2.24) is 0 Å². The fraction of sp³-hybridized carbons (Fsp3) is 0.588. The number of hydrogen-bond acceptors (Lipinski definition) is 1. The summed E-state index contributed by atoms with van der Waals surface area (Å²) in [5.74, 6) is 0.0369. The number of hydrogen-bond donors (Lipinski definition) is 0. The highest BCUT2D eigenvalue weighted by Gasteiger charge is 2.06. The molecule has 0 aromatic heterocycles. The second-order valence-electron chi connectivity index (χ2n) is 5.30. The van der Waals surface area contributed by atoms with Crippen LogP contribution in [0.3, 0.4) is 0 Å². The lowest BCUT2D eigenvalue weighted by atomic mass is 10.00. The van der Waals surface area contributed by atoms with Crippen LogP contribution in [-0.2, 0) is 11.2 Å². The third-order valence-electron chi connectivity index (χ3n) is 3.50. The second kappa shape index (κ2) is 8.84. The first-order valence-electron chi connectivity index (χ1n) is 7.40. The third-order valence-corrected chi connectivity index (χ3v) is 3.50. The van der Waals surface area contributed by atoms with Crippen LogP contribution in [0.15, 0.2) is 18.2 Å². The lowest BCUT2D eigenvalue weighted by Crippen LogP contribution is -2.04. The maximum absolute atomic E-state index is 13.0. The maximum Gasteiger partial charge on any atom is 0.137 e. The molecule has 1 aromatic rings. The van der Waals surface area contributed by atoms with Gasteiger partial charge in [-0.15, -0.1) is 0 Å². The summed E-state index contributed by atoms with van der Waals surface area (Å²) in [6.45, 7) is 4.06. The first-order valence-corrected chi connectivity index (χ1v) is 7.40. The molecule has 0 aliphatic heterocycles. The summed E-state index contributed by atoms with van der Waals surface area (Å²) in [7, 11) is 0. The van der Waals surface area contributed by atoms with E-state index in [1.54, 1.807) is 6.07 Å². The summed E-state index contributed by atoms with van der Waals surface area (Å²) in [6, 6.07) is 4.65. The number of benzene rings is 1. The van der Waals surface area contributed by atoms with Crippen molar-refractivity contribution >= 4 is 5.78 Å². The minimum absolute atomic E-state index is 0.232. The molecule has 0 aliphatic rings. The normalized spacial score (nSPS) is 10.7. The molecule has 0 unspecified atom stereocenters. The van der Waals surface area contributed by atoms with Crippen LogP contribution >= 0.6 is 0 Å². The minimum Gasteiger partial charge on any atom is -0.299 e. The van der Waals surface area contributed by atoms with E-state index in [-0.39, 0.29) is 11.6 Å². The molecule has 0 saturated carbocycles. The number of rotatable bonds is 9. The number of halogens is 1. The molecule has 0 amide bonds. The van der Waals surface area contributed by atoms with Crippen LogP contribution in [-0.4, -0.2) is 5.78 Å². The van der Waals surface area contributed by atoms with Gasteiger partial charge in [-0.2, -0.15) is 0 Å². The van der Waals surface area contributed by atoms with Crippen LogP contribution in [0, 0.1) is 12.7 Å². The van der Waals surface area contributed by atoms with E-state index in [1.165, 1.54) is 37.8 Å². The highest BCUT2D eigenvalue weighted by Crippen LogP contribution is 2.13. The molecule has 0 aliphatic carbocycles. The molecule has 19 heavy (non-hydrogen) atoms. The summed E-state index contributed by atoms with van der Waals surface area (Å²) in [5, 5.41) is 0. The van der Waals surface area contributed by atoms with E-state index in [4.69, 9.17) is 0 Å². The standard InChI is InChI=1S/C17H25FO/c1-3-4-5-6-7-8-9-17(19)13-15-10-11-16(18)12-14(15)2/h10-12H,3-9,13H2,1-2H3. The molecular formula is C17H25FO. The molecule has 1 nitrogen and oxygen atoms in total. The largest absolute Gasteiger partial charge is 0.299 e. The van der Waals surface area contributed by atoms with Crippen molar-refractivity contribution in [1.29, 1.82) is 0 Å². The average molecular weight is 264 g/mol. The Kier molecular flexibility index (Phi) is 7.39. The Labute approximate surface area is 116 Å². The second-order valence-corrected chi connectivity index (χ2v) is 5.30. The van der Waals surface area contributed by atoms with E-state index in [1.807, 2.05) is 6.92 Å². The van der Waals surface area contributed by atoms with E-state index in [2.05, 4.69) is 6.92 Å². The number of aryl methyl sites for hydroxylation is 1. The zero-order valence-corrected chi connectivity index (χ0v) is 12.2. The Hall–Kier alpha value is -1.18. The summed E-state index contributed by atoms with van der Waals surface area (Å²) >= 11 is 0. The zero-order valence-electron chi connectivity index (χ0n) is 12.2. The minimum atomic E-state index is -0.232. The van der Waals surface area contributed by atoms with Gasteiger partial charge in [0.05, 0.1) is 0 Å². The smallest absolute Gasteiger partial charge is 0.137 e. The van der Waals surface area contributed by atoms with Crippen LogP contribution in [0.5, 0.6) is 0 Å². The Morgan fingerprint density at radius 3 is 2.47 bits per heavy atom. The Balaban J connectivity index is 2.23. The monoisotopic (exact) mass is 264 g/mol. The maximum atomic E-state index is 13.0. The van der Waals surface area contributed by atoms with Gasteiger partial charge in [0.2, 0.25) is 0 Å². The molecule has 2 heteroatoms. The van der Waals surface area contributed by atoms with Crippen LogP contribution in [0.2, 0.25) is 0 Å². The van der Waals surface area contributed by atoms with Crippen LogP contribution in [0.4, 0.5) is 4.39 Å². The van der Waals surface area contributed by atoms with Crippen molar-refractivity contribution in [2.24, 2.45) is 0 Å². The Morgan fingerprint density at radius 2 is 1.79 bits per heavy atom. The summed E-state index contributed by atoms with van der Waals surface area (Å²) in [5.41, 5.74) is 1.83. The van der Waals surface area contributed by atoms with Gasteiger partial charge < -0.3 is 0 Å². The molecule has 0 spiro atoms. The number of carbonyl (C=O) groups excluding carboxylic acids is 1. The molecule has 0 radical (unpaired) electrons. The van der Waals surface area contributed by atoms with Crippen LogP contribution < -0.4 is 0 Å². The van der Waals surface area contributed by atoms with Crippen molar-refractivity contribution in [3.8, 4) is 0 Å². The van der Waals surface area contributed by atoms with Gasteiger partial charge in [-0.3, -0.25) is 4.79 Å². The first kappa shape index (κ1) is 15.9. The molecule has 0 saturated heterocycles. The SMILES string of the molecule is CCCCCCCCC(=O)Cc1ccc(F)cc1C. The van der Waals surface area contributed by atoms with Crippen LogP contribution in [0.1, 0.15) is 63.0 Å². The summed E-state index contributed by atoms with van der Waals surface area (Å²) in [4.78, 5) is 11.8. The van der Waals surface area contributed by atoms with Gasteiger partial charge in [0.1, 0.15) is 11.6 Å². The van der Waals surface area contributed by atoms with Crippen molar-refractivity contribution in [3.05, 3.63) is 35.1 Å². The molecule has 0 heterocycles. The zero-order chi connectivity index (χ0) is 14.1.